The first-order chi connectivity index (χ1) is 12.6. The number of carbonyl (C=O) groups is 2. The molecule has 6 heteroatoms. The average molecular weight is 355 g/mol. The smallest absolute Gasteiger partial charge is 0.251 e. The highest BCUT2D eigenvalue weighted by atomic mass is 19.1. The van der Waals surface area contributed by atoms with Gasteiger partial charge in [0.2, 0.25) is 5.91 Å². The standard InChI is InChI=1S/C20H22FN3O2/c21-18-12-10-16(11-13-18)15-23-24-19(25)9-5-2-6-14-22-20(26)17-7-3-1-4-8-17/h1,3-4,7-8,10-13,15H,2,5-6,9,14H2,(H,22,26)(H,24,25)/b23-15-. The zero-order valence-corrected chi connectivity index (χ0v) is 14.5. The fourth-order valence-electron chi connectivity index (χ4n) is 2.26. The molecule has 0 saturated carbocycles. The molecule has 2 aromatic carbocycles. The van der Waals surface area contributed by atoms with E-state index in [0.29, 0.717) is 24.1 Å². The minimum Gasteiger partial charge on any atom is -0.352 e. The monoisotopic (exact) mass is 355 g/mol. The molecule has 0 aliphatic carbocycles. The maximum atomic E-state index is 12.8. The molecular formula is C20H22FN3O2. The summed E-state index contributed by atoms with van der Waals surface area (Å²) in [6.45, 7) is 0.581. The van der Waals surface area contributed by atoms with Crippen LogP contribution in [0.25, 0.3) is 0 Å². The molecule has 0 aromatic heterocycles. The summed E-state index contributed by atoms with van der Waals surface area (Å²) in [6.07, 6.45) is 4.21. The van der Waals surface area contributed by atoms with Crippen molar-refractivity contribution in [2.75, 3.05) is 6.54 Å². The van der Waals surface area contributed by atoms with Crippen molar-refractivity contribution in [3.63, 3.8) is 0 Å². The second-order valence-corrected chi connectivity index (χ2v) is 5.78. The van der Waals surface area contributed by atoms with Gasteiger partial charge in [-0.15, -0.1) is 0 Å². The van der Waals surface area contributed by atoms with Gasteiger partial charge in [-0.2, -0.15) is 5.10 Å². The number of hydrazone groups is 1. The van der Waals surface area contributed by atoms with Crippen molar-refractivity contribution in [3.8, 4) is 0 Å². The van der Waals surface area contributed by atoms with E-state index in [9.17, 15) is 14.0 Å². The van der Waals surface area contributed by atoms with Crippen molar-refractivity contribution in [2.45, 2.75) is 25.7 Å². The summed E-state index contributed by atoms with van der Waals surface area (Å²) in [5.74, 6) is -0.568. The summed E-state index contributed by atoms with van der Waals surface area (Å²) < 4.78 is 12.8. The zero-order valence-electron chi connectivity index (χ0n) is 14.5. The van der Waals surface area contributed by atoms with Crippen LogP contribution >= 0.6 is 0 Å². The molecule has 5 nitrogen and oxygen atoms in total. The van der Waals surface area contributed by atoms with Crippen molar-refractivity contribution in [1.82, 2.24) is 10.7 Å². The molecule has 2 N–H and O–H groups in total. The number of nitrogens with zero attached hydrogens (tertiary/aromatic N) is 1. The predicted molar refractivity (Wildman–Crippen MR) is 99.4 cm³/mol. The third-order valence-electron chi connectivity index (χ3n) is 3.68. The number of hydrogen-bond donors (Lipinski definition) is 2. The van der Waals surface area contributed by atoms with E-state index in [1.807, 2.05) is 18.2 Å². The van der Waals surface area contributed by atoms with Crippen LogP contribution in [0.2, 0.25) is 0 Å². The van der Waals surface area contributed by atoms with E-state index < -0.39 is 0 Å². The summed E-state index contributed by atoms with van der Waals surface area (Å²) in [4.78, 5) is 23.5. The molecule has 2 amide bonds. The van der Waals surface area contributed by atoms with Crippen LogP contribution in [-0.4, -0.2) is 24.6 Å². The van der Waals surface area contributed by atoms with Crippen LogP contribution in [0.4, 0.5) is 4.39 Å². The molecule has 26 heavy (non-hydrogen) atoms. The van der Waals surface area contributed by atoms with Crippen molar-refractivity contribution in [1.29, 1.82) is 0 Å². The first-order valence-electron chi connectivity index (χ1n) is 8.56. The molecule has 0 aliphatic rings. The van der Waals surface area contributed by atoms with Crippen molar-refractivity contribution in [2.24, 2.45) is 5.10 Å². The molecule has 0 heterocycles. The van der Waals surface area contributed by atoms with E-state index in [4.69, 9.17) is 0 Å². The Hall–Kier alpha value is -3.02. The van der Waals surface area contributed by atoms with Crippen molar-refractivity contribution >= 4 is 18.0 Å². The largest absolute Gasteiger partial charge is 0.352 e. The number of carbonyl (C=O) groups excluding carboxylic acids is 2. The number of nitrogens with one attached hydrogen (secondary N) is 2. The van der Waals surface area contributed by atoms with E-state index >= 15 is 0 Å². The Morgan fingerprint density at radius 1 is 0.962 bits per heavy atom. The Bertz CT molecular complexity index is 730. The maximum Gasteiger partial charge on any atom is 0.251 e. The summed E-state index contributed by atoms with van der Waals surface area (Å²) in [5, 5.41) is 6.69. The fourth-order valence-corrected chi connectivity index (χ4v) is 2.26. The van der Waals surface area contributed by atoms with Crippen LogP contribution in [0.3, 0.4) is 0 Å². The lowest BCUT2D eigenvalue weighted by Gasteiger charge is -2.05. The molecule has 0 radical (unpaired) electrons. The van der Waals surface area contributed by atoms with E-state index in [1.165, 1.54) is 18.3 Å². The van der Waals surface area contributed by atoms with Gasteiger partial charge in [0.1, 0.15) is 5.82 Å². The van der Waals surface area contributed by atoms with Gasteiger partial charge in [-0.1, -0.05) is 36.8 Å². The molecule has 0 spiro atoms. The van der Waals surface area contributed by atoms with Crippen LogP contribution in [0.15, 0.2) is 59.7 Å². The van der Waals surface area contributed by atoms with Gasteiger partial charge >= 0.3 is 0 Å². The molecule has 2 rings (SSSR count). The SMILES string of the molecule is O=C(CCCCCNC(=O)c1ccccc1)N/N=C\c1ccc(F)cc1. The lowest BCUT2D eigenvalue weighted by atomic mass is 10.2. The average Bonchev–Trinajstić information content (AvgIpc) is 2.66. The molecular weight excluding hydrogens is 333 g/mol. The lowest BCUT2D eigenvalue weighted by molar-refractivity contribution is -0.121. The molecule has 0 unspecified atom stereocenters. The second kappa shape index (κ2) is 10.8. The first kappa shape index (κ1) is 19.3. The topological polar surface area (TPSA) is 70.6 Å². The minimum atomic E-state index is -0.314. The van der Waals surface area contributed by atoms with E-state index in [2.05, 4.69) is 15.8 Å². The van der Waals surface area contributed by atoms with Gasteiger partial charge in [-0.25, -0.2) is 9.82 Å². The Balaban J connectivity index is 1.53. The van der Waals surface area contributed by atoms with Crippen LogP contribution in [0.1, 0.15) is 41.6 Å². The van der Waals surface area contributed by atoms with Gasteiger partial charge in [0, 0.05) is 18.5 Å². The third kappa shape index (κ3) is 7.25. The van der Waals surface area contributed by atoms with Crippen LogP contribution in [0, 0.1) is 5.82 Å². The number of hydrogen-bond acceptors (Lipinski definition) is 3. The molecule has 0 bridgehead atoms. The van der Waals surface area contributed by atoms with Crippen LogP contribution in [0.5, 0.6) is 0 Å². The van der Waals surface area contributed by atoms with Crippen molar-refractivity contribution in [3.05, 3.63) is 71.5 Å². The second-order valence-electron chi connectivity index (χ2n) is 5.78. The predicted octanol–water partition coefficient (Wildman–Crippen LogP) is 3.27. The van der Waals surface area contributed by atoms with Gasteiger partial charge in [0.25, 0.3) is 5.91 Å². The summed E-state index contributed by atoms with van der Waals surface area (Å²) in [6, 6.07) is 14.9. The number of halogens is 1. The first-order valence-corrected chi connectivity index (χ1v) is 8.56. The molecule has 0 atom stereocenters. The summed E-state index contributed by atoms with van der Waals surface area (Å²) in [5.41, 5.74) is 3.80. The molecule has 2 aromatic rings. The minimum absolute atomic E-state index is 0.0847. The number of rotatable bonds is 9. The van der Waals surface area contributed by atoms with Crippen LogP contribution < -0.4 is 10.7 Å². The quantitative estimate of drug-likeness (QED) is 0.412. The van der Waals surface area contributed by atoms with Gasteiger partial charge in [-0.05, 0) is 42.7 Å². The summed E-state index contributed by atoms with van der Waals surface area (Å²) >= 11 is 0. The Morgan fingerprint density at radius 3 is 2.42 bits per heavy atom. The highest BCUT2D eigenvalue weighted by Crippen LogP contribution is 2.02. The highest BCUT2D eigenvalue weighted by molar-refractivity contribution is 5.94. The Labute approximate surface area is 152 Å². The highest BCUT2D eigenvalue weighted by Gasteiger charge is 2.03. The fraction of sp³-hybridized carbons (Fsp3) is 0.250. The van der Waals surface area contributed by atoms with E-state index in [0.717, 1.165) is 19.3 Å². The van der Waals surface area contributed by atoms with E-state index in [-0.39, 0.29) is 17.6 Å². The van der Waals surface area contributed by atoms with Gasteiger partial charge in [0.15, 0.2) is 0 Å². The summed E-state index contributed by atoms with van der Waals surface area (Å²) in [7, 11) is 0. The van der Waals surface area contributed by atoms with Gasteiger partial charge in [0.05, 0.1) is 6.21 Å². The third-order valence-corrected chi connectivity index (χ3v) is 3.68. The lowest BCUT2D eigenvalue weighted by Crippen LogP contribution is -2.24. The van der Waals surface area contributed by atoms with Gasteiger partial charge in [-0.3, -0.25) is 9.59 Å². The molecule has 0 aliphatic heterocycles. The number of unbranched alkanes of at least 4 members (excludes halogenated alkanes) is 2. The van der Waals surface area contributed by atoms with Crippen molar-refractivity contribution < 1.29 is 14.0 Å². The maximum absolute atomic E-state index is 12.8. The molecule has 136 valence electrons. The Morgan fingerprint density at radius 2 is 1.69 bits per heavy atom. The zero-order chi connectivity index (χ0) is 18.6. The van der Waals surface area contributed by atoms with Crippen LogP contribution in [-0.2, 0) is 4.79 Å². The van der Waals surface area contributed by atoms with Gasteiger partial charge < -0.3 is 5.32 Å². The molecule has 0 saturated heterocycles. The Kier molecular flexibility index (Phi) is 7.99. The molecule has 0 fully saturated rings. The normalized spacial score (nSPS) is 10.7. The number of amides is 2. The number of benzene rings is 2. The van der Waals surface area contributed by atoms with E-state index in [1.54, 1.807) is 24.3 Å².